The number of halogens is 1. The summed E-state index contributed by atoms with van der Waals surface area (Å²) < 4.78 is 20.8. The maximum Gasteiger partial charge on any atom is 0.221 e. The number of carbonyl (C=O) groups is 1. The lowest BCUT2D eigenvalue weighted by Crippen LogP contribution is -2.31. The Morgan fingerprint density at radius 2 is 2.00 bits per heavy atom. The summed E-state index contributed by atoms with van der Waals surface area (Å²) in [6.45, 7) is 0. The zero-order valence-electron chi connectivity index (χ0n) is 15.8. The molecule has 1 atom stereocenters. The first-order valence-electron chi connectivity index (χ1n) is 8.86. The van der Waals surface area contributed by atoms with E-state index in [0.29, 0.717) is 10.6 Å². The molecule has 3 aromatic rings. The molecule has 7 heteroatoms. The Morgan fingerprint density at radius 3 is 2.64 bits per heavy atom. The van der Waals surface area contributed by atoms with Gasteiger partial charge in [0.25, 0.3) is 0 Å². The number of methoxy groups -OCH3 is 1. The van der Waals surface area contributed by atoms with E-state index in [2.05, 4.69) is 10.3 Å². The second-order valence-electron chi connectivity index (χ2n) is 6.20. The minimum absolute atomic E-state index is 0.118. The van der Waals surface area contributed by atoms with Crippen LogP contribution in [0, 0.1) is 5.82 Å². The lowest BCUT2D eigenvalue weighted by Gasteiger charge is -2.19. The highest BCUT2D eigenvalue weighted by Crippen LogP contribution is 2.24. The van der Waals surface area contributed by atoms with Crippen molar-refractivity contribution in [2.45, 2.75) is 17.4 Å². The summed E-state index contributed by atoms with van der Waals surface area (Å²) in [5.41, 5.74) is 0.908. The maximum absolute atomic E-state index is 13.7. The van der Waals surface area contributed by atoms with E-state index in [1.165, 1.54) is 17.8 Å². The monoisotopic (exact) mass is 399 g/mol. The van der Waals surface area contributed by atoms with Crippen LogP contribution in [-0.2, 0) is 11.8 Å². The maximum atomic E-state index is 13.7. The van der Waals surface area contributed by atoms with E-state index in [9.17, 15) is 9.18 Å². The van der Waals surface area contributed by atoms with Crippen LogP contribution in [0.1, 0.15) is 23.9 Å². The second kappa shape index (κ2) is 9.41. The van der Waals surface area contributed by atoms with Crippen molar-refractivity contribution in [2.24, 2.45) is 7.05 Å². The van der Waals surface area contributed by atoms with Gasteiger partial charge in [0.1, 0.15) is 23.4 Å². The third-order valence-electron chi connectivity index (χ3n) is 4.29. The minimum Gasteiger partial charge on any atom is -0.497 e. The molecule has 0 aliphatic rings. The number of nitrogens with one attached hydrogen (secondary N) is 1. The number of amides is 1. The van der Waals surface area contributed by atoms with Crippen molar-refractivity contribution in [1.82, 2.24) is 14.9 Å². The molecule has 1 N–H and O–H groups in total. The van der Waals surface area contributed by atoms with Gasteiger partial charge in [0.15, 0.2) is 0 Å². The van der Waals surface area contributed by atoms with E-state index in [4.69, 9.17) is 4.74 Å². The topological polar surface area (TPSA) is 56.1 Å². The number of carbonyl (C=O) groups excluding carboxylic acids is 1. The van der Waals surface area contributed by atoms with Crippen molar-refractivity contribution in [3.8, 4) is 5.75 Å². The molecule has 0 fully saturated rings. The molecule has 0 spiro atoms. The van der Waals surface area contributed by atoms with Crippen molar-refractivity contribution in [3.05, 3.63) is 78.1 Å². The summed E-state index contributed by atoms with van der Waals surface area (Å²) in [6.07, 6.45) is 3.81. The van der Waals surface area contributed by atoms with E-state index >= 15 is 0 Å². The van der Waals surface area contributed by atoms with E-state index < -0.39 is 0 Å². The first-order chi connectivity index (χ1) is 13.6. The quantitative estimate of drug-likeness (QED) is 0.583. The Kier molecular flexibility index (Phi) is 6.71. The summed E-state index contributed by atoms with van der Waals surface area (Å²) in [6, 6.07) is 13.7. The summed E-state index contributed by atoms with van der Waals surface area (Å²) in [5, 5.41) is 3.04. The molecule has 1 unspecified atom stereocenters. The zero-order valence-corrected chi connectivity index (χ0v) is 16.6. The van der Waals surface area contributed by atoms with Crippen LogP contribution in [0.5, 0.6) is 5.75 Å². The molecule has 0 aliphatic heterocycles. The third-order valence-corrected chi connectivity index (χ3v) is 5.34. The van der Waals surface area contributed by atoms with Crippen LogP contribution in [0.15, 0.2) is 65.8 Å². The Bertz CT molecular complexity index is 927. The lowest BCUT2D eigenvalue weighted by molar-refractivity contribution is -0.121. The van der Waals surface area contributed by atoms with Crippen molar-refractivity contribution < 1.29 is 13.9 Å². The van der Waals surface area contributed by atoms with Crippen LogP contribution >= 0.6 is 11.8 Å². The van der Waals surface area contributed by atoms with Gasteiger partial charge in [-0.3, -0.25) is 4.79 Å². The minimum atomic E-state index is -0.378. The van der Waals surface area contributed by atoms with E-state index in [1.807, 2.05) is 42.1 Å². The number of aromatic nitrogens is 2. The predicted octanol–water partition coefficient (Wildman–Crippen LogP) is 3.96. The average Bonchev–Trinajstić information content (AvgIpc) is 3.13. The van der Waals surface area contributed by atoms with Gasteiger partial charge >= 0.3 is 0 Å². The zero-order chi connectivity index (χ0) is 19.9. The van der Waals surface area contributed by atoms with E-state index in [-0.39, 0.29) is 24.2 Å². The van der Waals surface area contributed by atoms with Crippen LogP contribution < -0.4 is 10.1 Å². The normalized spacial score (nSPS) is 11.8. The van der Waals surface area contributed by atoms with Crippen LogP contribution in [-0.4, -0.2) is 28.3 Å². The van der Waals surface area contributed by atoms with Crippen molar-refractivity contribution in [1.29, 1.82) is 0 Å². The molecule has 3 rings (SSSR count). The van der Waals surface area contributed by atoms with Crippen molar-refractivity contribution >= 4 is 17.7 Å². The largest absolute Gasteiger partial charge is 0.497 e. The molecule has 2 aromatic carbocycles. The predicted molar refractivity (Wildman–Crippen MR) is 108 cm³/mol. The van der Waals surface area contributed by atoms with Crippen molar-refractivity contribution in [3.63, 3.8) is 0 Å². The highest BCUT2D eigenvalue weighted by molar-refractivity contribution is 7.99. The van der Waals surface area contributed by atoms with Crippen LogP contribution in [0.25, 0.3) is 0 Å². The SMILES string of the molecule is COc1ccc(C(NC(=O)CCSc2ccccc2F)c2nccn2C)cc1. The van der Waals surface area contributed by atoms with Crippen LogP contribution in [0.3, 0.4) is 0 Å². The van der Waals surface area contributed by atoms with Crippen LogP contribution in [0.2, 0.25) is 0 Å². The van der Waals surface area contributed by atoms with Gasteiger partial charge in [0.2, 0.25) is 5.91 Å². The van der Waals surface area contributed by atoms with Crippen molar-refractivity contribution in [2.75, 3.05) is 12.9 Å². The number of thioether (sulfide) groups is 1. The Labute approximate surface area is 167 Å². The first-order valence-corrected chi connectivity index (χ1v) is 9.85. The average molecular weight is 399 g/mol. The van der Waals surface area contributed by atoms with Gasteiger partial charge in [-0.15, -0.1) is 11.8 Å². The third kappa shape index (κ3) is 4.92. The van der Waals surface area contributed by atoms with Gasteiger partial charge < -0.3 is 14.6 Å². The molecule has 0 saturated heterocycles. The molecule has 0 saturated carbocycles. The van der Waals surface area contributed by atoms with E-state index in [0.717, 1.165) is 17.1 Å². The lowest BCUT2D eigenvalue weighted by atomic mass is 10.1. The standard InChI is InChI=1S/C21H22FN3O2S/c1-25-13-12-23-21(25)20(15-7-9-16(27-2)10-8-15)24-19(26)11-14-28-18-6-4-3-5-17(18)22/h3-10,12-13,20H,11,14H2,1-2H3,(H,24,26). The fourth-order valence-electron chi connectivity index (χ4n) is 2.80. The molecule has 146 valence electrons. The van der Waals surface area contributed by atoms with Gasteiger partial charge in [-0.25, -0.2) is 9.37 Å². The fraction of sp³-hybridized carbons (Fsp3) is 0.238. The molecule has 0 bridgehead atoms. The molecule has 28 heavy (non-hydrogen) atoms. The van der Waals surface area contributed by atoms with Gasteiger partial charge in [-0.05, 0) is 29.8 Å². The Hall–Kier alpha value is -2.80. The molecule has 5 nitrogen and oxygen atoms in total. The smallest absolute Gasteiger partial charge is 0.221 e. The van der Waals surface area contributed by atoms with Gasteiger partial charge in [0.05, 0.1) is 7.11 Å². The molecular weight excluding hydrogens is 377 g/mol. The Balaban J connectivity index is 1.68. The highest BCUT2D eigenvalue weighted by Gasteiger charge is 2.20. The first kappa shape index (κ1) is 19.9. The molecule has 1 aromatic heterocycles. The van der Waals surface area contributed by atoms with Gasteiger partial charge in [-0.2, -0.15) is 0 Å². The van der Waals surface area contributed by atoms with E-state index in [1.54, 1.807) is 31.5 Å². The highest BCUT2D eigenvalue weighted by atomic mass is 32.2. The molecule has 0 radical (unpaired) electrons. The number of hydrogen-bond donors (Lipinski definition) is 1. The van der Waals surface area contributed by atoms with Crippen LogP contribution in [0.4, 0.5) is 4.39 Å². The number of aryl methyl sites for hydroxylation is 1. The summed E-state index contributed by atoms with van der Waals surface area (Å²) in [5.74, 6) is 1.59. The number of nitrogens with zero attached hydrogens (tertiary/aromatic N) is 2. The Morgan fingerprint density at radius 1 is 1.25 bits per heavy atom. The van der Waals surface area contributed by atoms with Gasteiger partial charge in [-0.1, -0.05) is 24.3 Å². The molecule has 1 heterocycles. The summed E-state index contributed by atoms with van der Waals surface area (Å²) in [7, 11) is 3.50. The number of ether oxygens (including phenoxy) is 1. The number of benzene rings is 2. The number of imidazole rings is 1. The summed E-state index contributed by atoms with van der Waals surface area (Å²) >= 11 is 1.33. The molecule has 1 amide bonds. The molecular formula is C21H22FN3O2S. The fourth-order valence-corrected chi connectivity index (χ4v) is 3.69. The summed E-state index contributed by atoms with van der Waals surface area (Å²) in [4.78, 5) is 17.5. The second-order valence-corrected chi connectivity index (χ2v) is 7.34. The molecule has 0 aliphatic carbocycles. The number of hydrogen-bond acceptors (Lipinski definition) is 4. The van der Waals surface area contributed by atoms with Gasteiger partial charge in [0, 0.05) is 36.5 Å². The number of rotatable bonds is 8.